The van der Waals surface area contributed by atoms with Crippen LogP contribution in [0, 0.1) is 5.41 Å². The fraction of sp³-hybridized carbons (Fsp3) is 0.562. The normalized spacial score (nSPS) is 24.1. The number of methoxy groups -OCH3 is 1. The average Bonchev–Trinajstić information content (AvgIpc) is 2.99. The summed E-state index contributed by atoms with van der Waals surface area (Å²) in [7, 11) is -2.05. The van der Waals surface area contributed by atoms with Crippen LogP contribution in [0.2, 0.25) is 0 Å². The number of carboxylic acid groups (broad SMARTS) is 1. The van der Waals surface area contributed by atoms with Gasteiger partial charge in [0.25, 0.3) is 0 Å². The van der Waals surface area contributed by atoms with Crippen molar-refractivity contribution in [2.75, 3.05) is 26.7 Å². The summed E-state index contributed by atoms with van der Waals surface area (Å²) in [6.07, 6.45) is 1.91. The molecule has 2 saturated heterocycles. The predicted octanol–water partition coefficient (Wildman–Crippen LogP) is 0.913. The van der Waals surface area contributed by atoms with Crippen molar-refractivity contribution in [1.29, 1.82) is 0 Å². The number of benzene rings is 1. The molecule has 0 bridgehead atoms. The number of nitrogens with zero attached hydrogens (tertiary/aromatic N) is 1. The highest BCUT2D eigenvalue weighted by Gasteiger charge is 2.45. The maximum Gasteiger partial charge on any atom is 0.320 e. The second-order valence-electron chi connectivity index (χ2n) is 6.56. The fourth-order valence-electron chi connectivity index (χ4n) is 3.58. The molecule has 0 radical (unpaired) electrons. The standard InChI is InChI=1S/C16H22N2O5S/c1-23-12-3-2-4-13(9-12)24(21,22)18-7-5-16(6-8-18)10-14(15(19)20)17-11-16/h2-4,9,14,17H,5-8,10-11H2,1H3,(H,19,20)/t14-/m0/s1. The van der Waals surface area contributed by atoms with Gasteiger partial charge in [-0.1, -0.05) is 6.07 Å². The van der Waals surface area contributed by atoms with Crippen LogP contribution in [0.4, 0.5) is 0 Å². The van der Waals surface area contributed by atoms with E-state index in [1.54, 1.807) is 18.2 Å². The van der Waals surface area contributed by atoms with Gasteiger partial charge in [0.05, 0.1) is 12.0 Å². The molecule has 3 rings (SSSR count). The van der Waals surface area contributed by atoms with Crippen LogP contribution >= 0.6 is 0 Å². The zero-order valence-corrected chi connectivity index (χ0v) is 14.4. The van der Waals surface area contributed by atoms with Gasteiger partial charge in [-0.25, -0.2) is 8.42 Å². The third kappa shape index (κ3) is 3.13. The molecule has 0 aliphatic carbocycles. The van der Waals surface area contributed by atoms with E-state index in [9.17, 15) is 13.2 Å². The van der Waals surface area contributed by atoms with E-state index in [4.69, 9.17) is 9.84 Å². The van der Waals surface area contributed by atoms with E-state index >= 15 is 0 Å². The molecule has 0 amide bonds. The molecule has 24 heavy (non-hydrogen) atoms. The van der Waals surface area contributed by atoms with Crippen LogP contribution in [0.3, 0.4) is 0 Å². The Balaban J connectivity index is 1.71. The van der Waals surface area contributed by atoms with Crippen molar-refractivity contribution >= 4 is 16.0 Å². The molecule has 2 N–H and O–H groups in total. The number of aliphatic carboxylic acids is 1. The Bertz CT molecular complexity index is 726. The van der Waals surface area contributed by atoms with Crippen LogP contribution in [0.1, 0.15) is 19.3 Å². The summed E-state index contributed by atoms with van der Waals surface area (Å²) in [6, 6.07) is 5.94. The van der Waals surface area contributed by atoms with Crippen molar-refractivity contribution in [3.05, 3.63) is 24.3 Å². The van der Waals surface area contributed by atoms with Gasteiger partial charge >= 0.3 is 5.97 Å². The first-order valence-corrected chi connectivity index (χ1v) is 9.41. The van der Waals surface area contributed by atoms with E-state index in [0.717, 1.165) is 0 Å². The highest BCUT2D eigenvalue weighted by Crippen LogP contribution is 2.40. The molecule has 7 nitrogen and oxygen atoms in total. The summed E-state index contributed by atoms with van der Waals surface area (Å²) in [6.45, 7) is 1.46. The minimum absolute atomic E-state index is 0.108. The van der Waals surface area contributed by atoms with Crippen LogP contribution in [-0.2, 0) is 14.8 Å². The molecule has 1 aromatic carbocycles. The molecule has 1 aromatic rings. The van der Waals surface area contributed by atoms with Gasteiger partial charge in [0, 0.05) is 25.7 Å². The Morgan fingerprint density at radius 2 is 2.08 bits per heavy atom. The summed E-state index contributed by atoms with van der Waals surface area (Å²) in [5, 5.41) is 12.2. The number of sulfonamides is 1. The molecule has 2 fully saturated rings. The third-order valence-electron chi connectivity index (χ3n) is 5.12. The number of carbonyl (C=O) groups is 1. The second kappa shape index (κ2) is 6.34. The van der Waals surface area contributed by atoms with Crippen molar-refractivity contribution in [3.63, 3.8) is 0 Å². The SMILES string of the molecule is COc1cccc(S(=O)(=O)N2CCC3(CC2)CN[C@H](C(=O)O)C3)c1. The maximum absolute atomic E-state index is 12.8. The van der Waals surface area contributed by atoms with Crippen LogP contribution in [0.25, 0.3) is 0 Å². The van der Waals surface area contributed by atoms with Crippen molar-refractivity contribution in [2.24, 2.45) is 5.41 Å². The number of nitrogens with one attached hydrogen (secondary N) is 1. The lowest BCUT2D eigenvalue weighted by Gasteiger charge is -2.38. The van der Waals surface area contributed by atoms with Crippen molar-refractivity contribution in [1.82, 2.24) is 9.62 Å². The number of hydrogen-bond donors (Lipinski definition) is 2. The van der Waals surface area contributed by atoms with Crippen molar-refractivity contribution in [3.8, 4) is 5.75 Å². The molecule has 2 heterocycles. The number of piperidine rings is 1. The summed E-state index contributed by atoms with van der Waals surface area (Å²) < 4.78 is 32.2. The van der Waals surface area contributed by atoms with Crippen molar-refractivity contribution < 1.29 is 23.1 Å². The molecule has 1 spiro atoms. The molecule has 2 aliphatic rings. The van der Waals surface area contributed by atoms with Crippen LogP contribution < -0.4 is 10.1 Å². The summed E-state index contributed by atoms with van der Waals surface area (Å²) >= 11 is 0. The van der Waals surface area contributed by atoms with Crippen LogP contribution in [0.15, 0.2) is 29.2 Å². The zero-order valence-electron chi connectivity index (χ0n) is 13.6. The molecular formula is C16H22N2O5S. The number of ether oxygens (including phenoxy) is 1. The van der Waals surface area contributed by atoms with E-state index in [2.05, 4.69) is 5.32 Å². The molecule has 0 aromatic heterocycles. The Morgan fingerprint density at radius 3 is 2.67 bits per heavy atom. The van der Waals surface area contributed by atoms with Gasteiger partial charge in [-0.2, -0.15) is 4.31 Å². The Kier molecular flexibility index (Phi) is 4.54. The smallest absolute Gasteiger partial charge is 0.320 e. The largest absolute Gasteiger partial charge is 0.497 e. The molecule has 132 valence electrons. The first-order chi connectivity index (χ1) is 11.4. The number of rotatable bonds is 4. The Labute approximate surface area is 141 Å². The third-order valence-corrected chi connectivity index (χ3v) is 7.02. The van der Waals surface area contributed by atoms with E-state index < -0.39 is 22.0 Å². The summed E-state index contributed by atoms with van der Waals surface area (Å²) in [5.74, 6) is -0.327. The molecule has 2 aliphatic heterocycles. The van der Waals surface area contributed by atoms with Gasteiger partial charge in [0.1, 0.15) is 11.8 Å². The Hall–Kier alpha value is -1.64. The molecule has 8 heteroatoms. The maximum atomic E-state index is 12.8. The van der Waals surface area contributed by atoms with E-state index in [-0.39, 0.29) is 10.3 Å². The number of carboxylic acids is 1. The zero-order chi connectivity index (χ0) is 17.4. The van der Waals surface area contributed by atoms with Crippen LogP contribution in [-0.4, -0.2) is 56.6 Å². The quantitative estimate of drug-likeness (QED) is 0.834. The summed E-state index contributed by atoms with van der Waals surface area (Å²) in [4.78, 5) is 11.3. The minimum Gasteiger partial charge on any atom is -0.497 e. The highest BCUT2D eigenvalue weighted by molar-refractivity contribution is 7.89. The topological polar surface area (TPSA) is 95.9 Å². The van der Waals surface area contributed by atoms with Gasteiger partial charge in [-0.3, -0.25) is 4.79 Å². The highest BCUT2D eigenvalue weighted by atomic mass is 32.2. The Morgan fingerprint density at radius 1 is 1.38 bits per heavy atom. The van der Waals surface area contributed by atoms with E-state index in [1.165, 1.54) is 17.5 Å². The van der Waals surface area contributed by atoms with Gasteiger partial charge < -0.3 is 15.2 Å². The van der Waals surface area contributed by atoms with Crippen LogP contribution in [0.5, 0.6) is 5.75 Å². The monoisotopic (exact) mass is 354 g/mol. The van der Waals surface area contributed by atoms with E-state index in [1.807, 2.05) is 0 Å². The van der Waals surface area contributed by atoms with E-state index in [0.29, 0.717) is 44.6 Å². The van der Waals surface area contributed by atoms with Gasteiger partial charge in [-0.05, 0) is 36.8 Å². The van der Waals surface area contributed by atoms with Gasteiger partial charge in [0.15, 0.2) is 0 Å². The van der Waals surface area contributed by atoms with Crippen molar-refractivity contribution in [2.45, 2.75) is 30.2 Å². The van der Waals surface area contributed by atoms with Gasteiger partial charge in [0.2, 0.25) is 10.0 Å². The molecule has 0 saturated carbocycles. The fourth-order valence-corrected chi connectivity index (χ4v) is 5.06. The lowest BCUT2D eigenvalue weighted by atomic mass is 9.77. The number of hydrogen-bond acceptors (Lipinski definition) is 5. The average molecular weight is 354 g/mol. The first-order valence-electron chi connectivity index (χ1n) is 7.97. The lowest BCUT2D eigenvalue weighted by molar-refractivity contribution is -0.139. The predicted molar refractivity (Wildman–Crippen MR) is 87.5 cm³/mol. The summed E-state index contributed by atoms with van der Waals surface area (Å²) in [5.41, 5.74) is -0.108. The van der Waals surface area contributed by atoms with Gasteiger partial charge in [-0.15, -0.1) is 0 Å². The molecule has 1 atom stereocenters. The minimum atomic E-state index is -3.55. The lowest BCUT2D eigenvalue weighted by Crippen LogP contribution is -2.43. The second-order valence-corrected chi connectivity index (χ2v) is 8.50. The first kappa shape index (κ1) is 17.2. The molecular weight excluding hydrogens is 332 g/mol. The molecule has 0 unspecified atom stereocenters.